The second kappa shape index (κ2) is 5.89. The molecule has 0 aromatic carbocycles. The first kappa shape index (κ1) is 14.3. The van der Waals surface area contributed by atoms with Gasteiger partial charge in [0.1, 0.15) is 0 Å². The summed E-state index contributed by atoms with van der Waals surface area (Å²) in [6, 6.07) is 1.26. The summed E-state index contributed by atoms with van der Waals surface area (Å²) in [5.74, 6) is 0. The second-order valence-corrected chi connectivity index (χ2v) is 7.43. The first-order valence-electron chi connectivity index (χ1n) is 7.66. The first-order valence-corrected chi connectivity index (χ1v) is 7.66. The molecule has 0 aromatic rings. The van der Waals surface area contributed by atoms with Gasteiger partial charge in [-0.15, -0.1) is 0 Å². The highest BCUT2D eigenvalue weighted by atomic mass is 15.3. The Morgan fingerprint density at radius 3 is 2.33 bits per heavy atom. The number of nitrogens with two attached hydrogens (primary N) is 1. The van der Waals surface area contributed by atoms with Crippen LogP contribution in [0.5, 0.6) is 0 Å². The molecule has 0 bridgehead atoms. The van der Waals surface area contributed by atoms with Gasteiger partial charge in [-0.3, -0.25) is 4.90 Å². The maximum atomic E-state index is 5.98. The van der Waals surface area contributed by atoms with Crippen molar-refractivity contribution in [1.82, 2.24) is 9.80 Å². The van der Waals surface area contributed by atoms with Gasteiger partial charge >= 0.3 is 0 Å². The van der Waals surface area contributed by atoms with Gasteiger partial charge in [-0.25, -0.2) is 0 Å². The molecule has 2 fully saturated rings. The van der Waals surface area contributed by atoms with Crippen LogP contribution in [0.25, 0.3) is 0 Å². The van der Waals surface area contributed by atoms with E-state index in [1.807, 2.05) is 0 Å². The van der Waals surface area contributed by atoms with Gasteiger partial charge in [-0.1, -0.05) is 20.8 Å². The monoisotopic (exact) mass is 253 g/mol. The summed E-state index contributed by atoms with van der Waals surface area (Å²) in [4.78, 5) is 5.34. The van der Waals surface area contributed by atoms with Crippen LogP contribution in [-0.2, 0) is 0 Å². The first-order chi connectivity index (χ1) is 8.44. The number of hydrogen-bond donors (Lipinski definition) is 1. The van der Waals surface area contributed by atoms with Crippen LogP contribution in [-0.4, -0.2) is 54.6 Å². The van der Waals surface area contributed by atoms with Crippen molar-refractivity contribution in [2.24, 2.45) is 11.1 Å². The zero-order valence-electron chi connectivity index (χ0n) is 12.5. The lowest BCUT2D eigenvalue weighted by Crippen LogP contribution is -2.46. The van der Waals surface area contributed by atoms with Crippen LogP contribution in [0.15, 0.2) is 0 Å². The normalized spacial score (nSPS) is 29.0. The summed E-state index contributed by atoms with van der Waals surface area (Å²) in [6.45, 7) is 13.3. The Morgan fingerprint density at radius 1 is 1.06 bits per heavy atom. The molecule has 2 N–H and O–H groups in total. The van der Waals surface area contributed by atoms with Gasteiger partial charge in [-0.05, 0) is 57.3 Å². The number of hydrogen-bond acceptors (Lipinski definition) is 3. The molecule has 0 aliphatic carbocycles. The summed E-state index contributed by atoms with van der Waals surface area (Å²) in [5, 5.41) is 0. The number of rotatable bonds is 3. The van der Waals surface area contributed by atoms with E-state index in [0.717, 1.165) is 6.04 Å². The fraction of sp³-hybridized carbons (Fsp3) is 1.00. The molecule has 1 unspecified atom stereocenters. The summed E-state index contributed by atoms with van der Waals surface area (Å²) >= 11 is 0. The average Bonchev–Trinajstić information content (AvgIpc) is 2.75. The van der Waals surface area contributed by atoms with Crippen molar-refractivity contribution < 1.29 is 0 Å². The summed E-state index contributed by atoms with van der Waals surface area (Å²) in [6.07, 6.45) is 5.06. The van der Waals surface area contributed by atoms with Crippen LogP contribution in [0, 0.1) is 5.41 Å². The van der Waals surface area contributed by atoms with E-state index in [4.69, 9.17) is 5.73 Å². The van der Waals surface area contributed by atoms with Gasteiger partial charge in [0.2, 0.25) is 0 Å². The molecule has 2 aliphatic rings. The lowest BCUT2D eigenvalue weighted by molar-refractivity contribution is 0.150. The third-order valence-corrected chi connectivity index (χ3v) is 4.52. The largest absolute Gasteiger partial charge is 0.328 e. The highest BCUT2D eigenvalue weighted by molar-refractivity contribution is 4.87. The Kier molecular flexibility index (Phi) is 4.68. The quantitative estimate of drug-likeness (QED) is 0.834. The lowest BCUT2D eigenvalue weighted by Gasteiger charge is -2.34. The van der Waals surface area contributed by atoms with Crippen molar-refractivity contribution in [3.8, 4) is 0 Å². The number of piperidine rings is 1. The van der Waals surface area contributed by atoms with Crippen molar-refractivity contribution in [2.75, 3.05) is 32.7 Å². The molecule has 3 nitrogen and oxygen atoms in total. The van der Waals surface area contributed by atoms with E-state index in [2.05, 4.69) is 30.6 Å². The lowest BCUT2D eigenvalue weighted by atomic mass is 9.92. The molecule has 0 radical (unpaired) electrons. The van der Waals surface area contributed by atoms with Crippen LogP contribution in [0.2, 0.25) is 0 Å². The van der Waals surface area contributed by atoms with Crippen molar-refractivity contribution >= 4 is 0 Å². The molecule has 0 saturated carbocycles. The molecule has 0 aromatic heterocycles. The van der Waals surface area contributed by atoms with Crippen LogP contribution in [0.1, 0.15) is 46.5 Å². The van der Waals surface area contributed by atoms with E-state index in [0.29, 0.717) is 11.5 Å². The zero-order chi connectivity index (χ0) is 13.2. The molecular weight excluding hydrogens is 222 g/mol. The minimum Gasteiger partial charge on any atom is -0.328 e. The van der Waals surface area contributed by atoms with E-state index >= 15 is 0 Å². The van der Waals surface area contributed by atoms with Gasteiger partial charge in [0, 0.05) is 18.6 Å². The van der Waals surface area contributed by atoms with Crippen molar-refractivity contribution in [3.05, 3.63) is 0 Å². The van der Waals surface area contributed by atoms with Gasteiger partial charge < -0.3 is 10.6 Å². The molecule has 18 heavy (non-hydrogen) atoms. The Labute approximate surface area is 113 Å². The van der Waals surface area contributed by atoms with E-state index in [-0.39, 0.29) is 0 Å². The summed E-state index contributed by atoms with van der Waals surface area (Å²) in [7, 11) is 0. The Bertz CT molecular complexity index is 251. The fourth-order valence-corrected chi connectivity index (χ4v) is 3.09. The molecule has 2 heterocycles. The predicted molar refractivity (Wildman–Crippen MR) is 77.7 cm³/mol. The smallest absolute Gasteiger partial charge is 0.0235 e. The Morgan fingerprint density at radius 2 is 1.72 bits per heavy atom. The topological polar surface area (TPSA) is 32.5 Å². The standard InChI is InChI=1S/C15H31N3/c1-15(2,3)7-11-17-8-6-14(12-17)18-9-4-13(16)5-10-18/h13-14H,4-12,16H2,1-3H3. The summed E-state index contributed by atoms with van der Waals surface area (Å²) in [5.41, 5.74) is 6.45. The maximum absolute atomic E-state index is 5.98. The molecule has 0 amide bonds. The van der Waals surface area contributed by atoms with Crippen molar-refractivity contribution in [1.29, 1.82) is 0 Å². The van der Waals surface area contributed by atoms with Crippen LogP contribution in [0.3, 0.4) is 0 Å². The molecule has 2 saturated heterocycles. The van der Waals surface area contributed by atoms with Gasteiger partial charge in [0.05, 0.1) is 0 Å². The molecular formula is C15H31N3. The maximum Gasteiger partial charge on any atom is 0.0235 e. The van der Waals surface area contributed by atoms with E-state index < -0.39 is 0 Å². The molecule has 3 heteroatoms. The highest BCUT2D eigenvalue weighted by Gasteiger charge is 2.29. The average molecular weight is 253 g/mol. The van der Waals surface area contributed by atoms with Gasteiger partial charge in [0.15, 0.2) is 0 Å². The third-order valence-electron chi connectivity index (χ3n) is 4.52. The second-order valence-electron chi connectivity index (χ2n) is 7.43. The minimum absolute atomic E-state index is 0.458. The third kappa shape index (κ3) is 4.22. The number of nitrogens with zero attached hydrogens (tertiary/aromatic N) is 2. The van der Waals surface area contributed by atoms with Crippen LogP contribution < -0.4 is 5.73 Å². The molecule has 2 rings (SSSR count). The predicted octanol–water partition coefficient (Wildman–Crippen LogP) is 1.92. The van der Waals surface area contributed by atoms with Crippen molar-refractivity contribution in [3.63, 3.8) is 0 Å². The van der Waals surface area contributed by atoms with Gasteiger partial charge in [-0.2, -0.15) is 0 Å². The zero-order valence-corrected chi connectivity index (χ0v) is 12.5. The number of likely N-dealkylation sites (tertiary alicyclic amines) is 2. The molecule has 2 aliphatic heterocycles. The van der Waals surface area contributed by atoms with E-state index in [9.17, 15) is 0 Å². The SMILES string of the molecule is CC(C)(C)CCN1CCC(N2CCC(N)CC2)C1. The summed E-state index contributed by atoms with van der Waals surface area (Å²) < 4.78 is 0. The fourth-order valence-electron chi connectivity index (χ4n) is 3.09. The minimum atomic E-state index is 0.458. The van der Waals surface area contributed by atoms with E-state index in [1.165, 1.54) is 58.4 Å². The Hall–Kier alpha value is -0.120. The van der Waals surface area contributed by atoms with Crippen molar-refractivity contribution in [2.45, 2.75) is 58.5 Å². The van der Waals surface area contributed by atoms with Crippen LogP contribution >= 0.6 is 0 Å². The van der Waals surface area contributed by atoms with Crippen LogP contribution in [0.4, 0.5) is 0 Å². The highest BCUT2D eigenvalue weighted by Crippen LogP contribution is 2.23. The van der Waals surface area contributed by atoms with Gasteiger partial charge in [0.25, 0.3) is 0 Å². The molecule has 106 valence electrons. The molecule has 1 atom stereocenters. The molecule has 0 spiro atoms. The van der Waals surface area contributed by atoms with E-state index in [1.54, 1.807) is 0 Å². The Balaban J connectivity index is 1.71.